The molecule has 0 aliphatic rings. The van der Waals surface area contributed by atoms with Gasteiger partial charge in [0.2, 0.25) is 0 Å². The van der Waals surface area contributed by atoms with Crippen molar-refractivity contribution in [2.75, 3.05) is 11.0 Å². The first-order valence-corrected chi connectivity index (χ1v) is 3.43. The molecule has 0 saturated heterocycles. The standard InChI is InChI=1S/C5H8N8/c6-4-3-5(10-1-9-4)12(2-11-3)13(7)8/h1-2H,7-8H2,(H2,6,9,10). The molecule has 0 aliphatic carbocycles. The molecule has 2 rings (SSSR count). The highest BCUT2D eigenvalue weighted by atomic mass is 15.8. The zero-order valence-electron chi connectivity index (χ0n) is 6.62. The van der Waals surface area contributed by atoms with Crippen LogP contribution < -0.4 is 22.6 Å². The van der Waals surface area contributed by atoms with Gasteiger partial charge >= 0.3 is 0 Å². The molecule has 0 unspecified atom stereocenters. The van der Waals surface area contributed by atoms with Crippen LogP contribution in [0.4, 0.5) is 5.82 Å². The maximum Gasteiger partial charge on any atom is 0.187 e. The normalized spacial score (nSPS) is 10.6. The molecule has 0 bridgehead atoms. The lowest BCUT2D eigenvalue weighted by atomic mass is 10.5. The molecule has 2 heterocycles. The Morgan fingerprint density at radius 2 is 2.00 bits per heavy atom. The van der Waals surface area contributed by atoms with Crippen molar-refractivity contribution in [1.29, 1.82) is 0 Å². The predicted octanol–water partition coefficient (Wildman–Crippen LogP) is -1.91. The Morgan fingerprint density at radius 3 is 2.69 bits per heavy atom. The summed E-state index contributed by atoms with van der Waals surface area (Å²) in [5, 5.41) is 0.863. The van der Waals surface area contributed by atoms with Crippen LogP contribution in [0.1, 0.15) is 0 Å². The summed E-state index contributed by atoms with van der Waals surface area (Å²) < 4.78 is 1.35. The Hall–Kier alpha value is -1.93. The zero-order chi connectivity index (χ0) is 9.42. The third-order valence-corrected chi connectivity index (χ3v) is 1.59. The summed E-state index contributed by atoms with van der Waals surface area (Å²) in [6.07, 6.45) is 2.73. The van der Waals surface area contributed by atoms with Crippen LogP contribution in [0.25, 0.3) is 11.2 Å². The van der Waals surface area contributed by atoms with Gasteiger partial charge in [0.1, 0.15) is 12.7 Å². The Balaban J connectivity index is 2.75. The monoisotopic (exact) mass is 180 g/mol. The molecule has 0 amide bonds. The van der Waals surface area contributed by atoms with Crippen molar-refractivity contribution in [3.63, 3.8) is 0 Å². The van der Waals surface area contributed by atoms with E-state index < -0.39 is 0 Å². The number of nitrogens with two attached hydrogens (primary N) is 3. The molecule has 8 heteroatoms. The largest absolute Gasteiger partial charge is 0.382 e. The number of aromatic nitrogens is 4. The van der Waals surface area contributed by atoms with Gasteiger partial charge < -0.3 is 5.73 Å². The van der Waals surface area contributed by atoms with Crippen LogP contribution in [0, 0.1) is 0 Å². The molecular weight excluding hydrogens is 172 g/mol. The molecule has 13 heavy (non-hydrogen) atoms. The number of hydrogen-bond acceptors (Lipinski definition) is 7. The van der Waals surface area contributed by atoms with E-state index in [0.717, 1.165) is 5.23 Å². The minimum absolute atomic E-state index is 0.297. The molecule has 2 aromatic heterocycles. The molecule has 0 saturated carbocycles. The van der Waals surface area contributed by atoms with E-state index in [1.54, 1.807) is 0 Å². The summed E-state index contributed by atoms with van der Waals surface area (Å²) >= 11 is 0. The highest BCUT2D eigenvalue weighted by Gasteiger charge is 2.08. The summed E-state index contributed by atoms with van der Waals surface area (Å²) in [5.74, 6) is 10.9. The number of anilines is 1. The van der Waals surface area contributed by atoms with Gasteiger partial charge in [-0.05, 0) is 0 Å². The number of rotatable bonds is 1. The molecule has 0 spiro atoms. The van der Waals surface area contributed by atoms with Crippen LogP contribution in [0.15, 0.2) is 12.7 Å². The van der Waals surface area contributed by atoms with Crippen molar-refractivity contribution in [2.24, 2.45) is 11.7 Å². The molecule has 8 nitrogen and oxygen atoms in total. The molecule has 2 aromatic rings. The van der Waals surface area contributed by atoms with Crippen molar-refractivity contribution in [3.05, 3.63) is 12.7 Å². The summed E-state index contributed by atoms with van der Waals surface area (Å²) in [7, 11) is 0. The van der Waals surface area contributed by atoms with Crippen LogP contribution in [0.3, 0.4) is 0 Å². The van der Waals surface area contributed by atoms with Gasteiger partial charge in [-0.25, -0.2) is 26.6 Å². The second-order valence-corrected chi connectivity index (χ2v) is 2.40. The third kappa shape index (κ3) is 1.04. The van der Waals surface area contributed by atoms with Crippen molar-refractivity contribution in [1.82, 2.24) is 19.6 Å². The van der Waals surface area contributed by atoms with Gasteiger partial charge in [0.15, 0.2) is 17.0 Å². The molecule has 0 aliphatic heterocycles. The highest BCUT2D eigenvalue weighted by molar-refractivity contribution is 5.81. The lowest BCUT2D eigenvalue weighted by Crippen LogP contribution is -2.47. The minimum Gasteiger partial charge on any atom is -0.382 e. The van der Waals surface area contributed by atoms with Gasteiger partial charge in [-0.3, -0.25) is 0 Å². The van der Waals surface area contributed by atoms with Gasteiger partial charge in [0, 0.05) is 0 Å². The van der Waals surface area contributed by atoms with Crippen LogP contribution in [0.2, 0.25) is 0 Å². The number of nitrogens with zero attached hydrogens (tertiary/aromatic N) is 5. The maximum absolute atomic E-state index is 5.54. The third-order valence-electron chi connectivity index (χ3n) is 1.59. The number of hydrogen-bond donors (Lipinski definition) is 3. The van der Waals surface area contributed by atoms with Crippen LogP contribution >= 0.6 is 0 Å². The fraction of sp³-hybridized carbons (Fsp3) is 0. The Morgan fingerprint density at radius 1 is 1.23 bits per heavy atom. The number of hydrazine groups is 2. The summed E-state index contributed by atoms with van der Waals surface area (Å²) in [5.41, 5.74) is 6.49. The van der Waals surface area contributed by atoms with Gasteiger partial charge in [-0.15, -0.1) is 0 Å². The first-order chi connectivity index (χ1) is 6.20. The lowest BCUT2D eigenvalue weighted by molar-refractivity contribution is 0.642. The van der Waals surface area contributed by atoms with Gasteiger partial charge in [-0.2, -0.15) is 9.90 Å². The average Bonchev–Trinajstić information content (AvgIpc) is 2.48. The molecular formula is C5H8N8. The highest BCUT2D eigenvalue weighted by Crippen LogP contribution is 2.12. The van der Waals surface area contributed by atoms with E-state index >= 15 is 0 Å². The van der Waals surface area contributed by atoms with Crippen molar-refractivity contribution in [3.8, 4) is 0 Å². The smallest absolute Gasteiger partial charge is 0.187 e. The molecule has 0 radical (unpaired) electrons. The minimum atomic E-state index is 0.297. The molecule has 0 aromatic carbocycles. The van der Waals surface area contributed by atoms with Crippen molar-refractivity contribution in [2.45, 2.75) is 0 Å². The van der Waals surface area contributed by atoms with Gasteiger partial charge in [-0.1, -0.05) is 0 Å². The van der Waals surface area contributed by atoms with Crippen LogP contribution in [0.5, 0.6) is 0 Å². The van der Waals surface area contributed by atoms with Crippen LogP contribution in [-0.4, -0.2) is 19.6 Å². The number of imidazole rings is 1. The van der Waals surface area contributed by atoms with Gasteiger partial charge in [0.25, 0.3) is 0 Å². The van der Waals surface area contributed by atoms with E-state index in [-0.39, 0.29) is 0 Å². The zero-order valence-corrected chi connectivity index (χ0v) is 6.62. The first-order valence-electron chi connectivity index (χ1n) is 3.43. The summed E-state index contributed by atoms with van der Waals surface area (Å²) in [6, 6.07) is 0. The Bertz CT molecular complexity index is 431. The van der Waals surface area contributed by atoms with E-state index in [0.29, 0.717) is 17.0 Å². The second-order valence-electron chi connectivity index (χ2n) is 2.40. The molecule has 0 atom stereocenters. The number of fused-ring (bicyclic) bond motifs is 1. The van der Waals surface area contributed by atoms with Crippen LogP contribution in [-0.2, 0) is 0 Å². The van der Waals surface area contributed by atoms with E-state index in [1.165, 1.54) is 17.3 Å². The number of nitrogen functional groups attached to an aromatic ring is 1. The quantitative estimate of drug-likeness (QED) is 0.345. The predicted molar refractivity (Wildman–Crippen MR) is 46.3 cm³/mol. The van der Waals surface area contributed by atoms with Crippen molar-refractivity contribution < 1.29 is 0 Å². The summed E-state index contributed by atoms with van der Waals surface area (Å²) in [4.78, 5) is 11.7. The Kier molecular flexibility index (Phi) is 1.50. The van der Waals surface area contributed by atoms with Crippen molar-refractivity contribution >= 4 is 17.0 Å². The molecule has 68 valence electrons. The fourth-order valence-corrected chi connectivity index (χ4v) is 1.01. The lowest BCUT2D eigenvalue weighted by Gasteiger charge is -2.11. The second kappa shape index (κ2) is 2.54. The van der Waals surface area contributed by atoms with E-state index in [9.17, 15) is 0 Å². The van der Waals surface area contributed by atoms with E-state index in [2.05, 4.69) is 15.0 Å². The van der Waals surface area contributed by atoms with E-state index in [1.807, 2.05) is 0 Å². The first kappa shape index (κ1) is 7.71. The van der Waals surface area contributed by atoms with E-state index in [4.69, 9.17) is 17.4 Å². The maximum atomic E-state index is 5.54. The molecule has 0 fully saturated rings. The topological polar surface area (TPSA) is 125 Å². The summed E-state index contributed by atoms with van der Waals surface area (Å²) in [6.45, 7) is 0. The molecule has 6 N–H and O–H groups in total. The Labute approximate surface area is 72.9 Å². The fourth-order valence-electron chi connectivity index (χ4n) is 1.01. The SMILES string of the molecule is Nc1ncnc2c1ncn2N(N)N. The van der Waals surface area contributed by atoms with Gasteiger partial charge in [0.05, 0.1) is 0 Å². The average molecular weight is 180 g/mol.